The third-order valence-electron chi connectivity index (χ3n) is 5.50. The SMILES string of the molecule is CC(C)(C)OC(=O)N1CCC(N2CCSc3cc(F)c(N=C(N)c4cccs4)cc32)CC1. The van der Waals surface area contributed by atoms with Gasteiger partial charge in [-0.1, -0.05) is 6.07 Å². The lowest BCUT2D eigenvalue weighted by atomic mass is 10.0. The van der Waals surface area contributed by atoms with Gasteiger partial charge in [0.25, 0.3) is 0 Å². The van der Waals surface area contributed by atoms with Crippen LogP contribution in [0.5, 0.6) is 0 Å². The van der Waals surface area contributed by atoms with Crippen molar-refractivity contribution in [3.8, 4) is 0 Å². The van der Waals surface area contributed by atoms with Gasteiger partial charge in [0.05, 0.1) is 10.6 Å². The first-order valence-corrected chi connectivity index (χ1v) is 12.7. The van der Waals surface area contributed by atoms with Crippen molar-refractivity contribution < 1.29 is 13.9 Å². The number of ether oxygens (including phenoxy) is 1. The largest absolute Gasteiger partial charge is 0.444 e. The second-order valence-corrected chi connectivity index (χ2v) is 11.1. The van der Waals surface area contributed by atoms with Crippen molar-refractivity contribution in [3.05, 3.63) is 40.3 Å². The van der Waals surface area contributed by atoms with E-state index in [9.17, 15) is 9.18 Å². The van der Waals surface area contributed by atoms with Gasteiger partial charge < -0.3 is 20.3 Å². The van der Waals surface area contributed by atoms with E-state index in [4.69, 9.17) is 10.5 Å². The predicted octanol–water partition coefficient (Wildman–Crippen LogP) is 5.24. The molecule has 2 N–H and O–H groups in total. The summed E-state index contributed by atoms with van der Waals surface area (Å²) in [6.07, 6.45) is 1.43. The normalized spacial score (nSPS) is 17.9. The lowest BCUT2D eigenvalue weighted by Crippen LogP contribution is -2.49. The molecule has 1 amide bonds. The Morgan fingerprint density at radius 3 is 2.66 bits per heavy atom. The molecule has 0 radical (unpaired) electrons. The number of nitrogens with two attached hydrogens (primary N) is 1. The Hall–Kier alpha value is -2.26. The number of halogens is 1. The topological polar surface area (TPSA) is 71.2 Å². The predicted molar refractivity (Wildman–Crippen MR) is 130 cm³/mol. The molecule has 32 heavy (non-hydrogen) atoms. The van der Waals surface area contributed by atoms with Gasteiger partial charge in [-0.2, -0.15) is 0 Å². The van der Waals surface area contributed by atoms with Gasteiger partial charge in [-0.15, -0.1) is 23.1 Å². The van der Waals surface area contributed by atoms with Crippen molar-refractivity contribution in [2.75, 3.05) is 30.3 Å². The molecular formula is C23H29FN4O2S2. The number of amidine groups is 1. The summed E-state index contributed by atoms with van der Waals surface area (Å²) in [7, 11) is 0. The highest BCUT2D eigenvalue weighted by atomic mass is 32.2. The van der Waals surface area contributed by atoms with E-state index in [2.05, 4.69) is 9.89 Å². The van der Waals surface area contributed by atoms with Crippen LogP contribution in [0.1, 0.15) is 38.5 Å². The number of nitrogens with zero attached hydrogens (tertiary/aromatic N) is 3. The van der Waals surface area contributed by atoms with Gasteiger partial charge in [0.15, 0.2) is 0 Å². The van der Waals surface area contributed by atoms with Crippen molar-refractivity contribution in [2.45, 2.75) is 50.2 Å². The fourth-order valence-corrected chi connectivity index (χ4v) is 5.65. The molecule has 1 aromatic heterocycles. The van der Waals surface area contributed by atoms with E-state index in [-0.39, 0.29) is 23.6 Å². The Morgan fingerprint density at radius 2 is 2.00 bits per heavy atom. The van der Waals surface area contributed by atoms with E-state index in [1.807, 2.05) is 44.4 Å². The number of thioether (sulfide) groups is 1. The number of aliphatic imine (C=N–C) groups is 1. The highest BCUT2D eigenvalue weighted by molar-refractivity contribution is 7.99. The first-order chi connectivity index (χ1) is 15.2. The summed E-state index contributed by atoms with van der Waals surface area (Å²) in [6, 6.07) is 7.44. The van der Waals surface area contributed by atoms with E-state index in [0.29, 0.717) is 18.9 Å². The molecule has 2 aliphatic heterocycles. The Morgan fingerprint density at radius 1 is 1.25 bits per heavy atom. The summed E-state index contributed by atoms with van der Waals surface area (Å²) in [4.78, 5) is 22.7. The van der Waals surface area contributed by atoms with Gasteiger partial charge in [-0.3, -0.25) is 0 Å². The van der Waals surface area contributed by atoms with Crippen molar-refractivity contribution in [1.29, 1.82) is 0 Å². The van der Waals surface area contributed by atoms with E-state index >= 15 is 0 Å². The Bertz CT molecular complexity index is 996. The van der Waals surface area contributed by atoms with Crippen molar-refractivity contribution >= 4 is 46.4 Å². The second-order valence-electron chi connectivity index (χ2n) is 8.99. The number of likely N-dealkylation sites (tertiary alicyclic amines) is 1. The van der Waals surface area contributed by atoms with Crippen molar-refractivity contribution in [1.82, 2.24) is 4.90 Å². The fourth-order valence-electron chi connectivity index (χ4n) is 4.01. The molecule has 0 saturated carbocycles. The third-order valence-corrected chi connectivity index (χ3v) is 7.42. The minimum atomic E-state index is -0.497. The van der Waals surface area contributed by atoms with E-state index in [0.717, 1.165) is 40.6 Å². The molecule has 0 aliphatic carbocycles. The zero-order valence-electron chi connectivity index (χ0n) is 18.6. The highest BCUT2D eigenvalue weighted by Gasteiger charge is 2.32. The third kappa shape index (κ3) is 5.20. The number of fused-ring (bicyclic) bond motifs is 1. The standard InChI is InChI=1S/C23H29FN4O2S2/c1-23(2,3)30-22(29)27-8-6-15(7-9-27)28-10-12-32-20-13-16(24)17(14-18(20)28)26-21(25)19-5-4-11-31-19/h4-5,11,13-15H,6-10,12H2,1-3H3,(H2,25,26). The number of piperidine rings is 1. The molecule has 1 fully saturated rings. The van der Waals surface area contributed by atoms with Crippen LogP contribution in [0, 0.1) is 5.82 Å². The maximum absolute atomic E-state index is 14.8. The lowest BCUT2D eigenvalue weighted by molar-refractivity contribution is 0.0205. The maximum atomic E-state index is 14.8. The number of carbonyl (C=O) groups excluding carboxylic acids is 1. The molecule has 1 aromatic carbocycles. The molecule has 2 aromatic rings. The van der Waals surface area contributed by atoms with Gasteiger partial charge in [-0.25, -0.2) is 14.2 Å². The van der Waals surface area contributed by atoms with E-state index in [1.54, 1.807) is 22.7 Å². The number of hydrogen-bond acceptors (Lipinski definition) is 6. The van der Waals surface area contributed by atoms with Crippen molar-refractivity contribution in [3.63, 3.8) is 0 Å². The van der Waals surface area contributed by atoms with Crippen molar-refractivity contribution in [2.24, 2.45) is 10.7 Å². The molecule has 0 unspecified atom stereocenters. The van der Waals surface area contributed by atoms with E-state index in [1.165, 1.54) is 11.3 Å². The molecule has 4 rings (SSSR count). The smallest absolute Gasteiger partial charge is 0.410 e. The molecule has 2 aliphatic rings. The van der Waals surface area contributed by atoms with Gasteiger partial charge in [-0.05, 0) is 57.2 Å². The van der Waals surface area contributed by atoms with Gasteiger partial charge in [0, 0.05) is 36.3 Å². The molecule has 172 valence electrons. The van der Waals surface area contributed by atoms with Gasteiger partial charge in [0.1, 0.15) is 22.9 Å². The average molecular weight is 477 g/mol. The number of amides is 1. The first kappa shape index (κ1) is 22.9. The monoisotopic (exact) mass is 476 g/mol. The molecule has 1 saturated heterocycles. The number of benzene rings is 1. The summed E-state index contributed by atoms with van der Waals surface area (Å²) in [5.74, 6) is 0.857. The number of carbonyl (C=O) groups is 1. The Labute approximate surface area is 196 Å². The molecule has 0 spiro atoms. The summed E-state index contributed by atoms with van der Waals surface area (Å²) in [6.45, 7) is 7.81. The number of rotatable bonds is 3. The van der Waals surface area contributed by atoms with Crippen LogP contribution in [0.4, 0.5) is 20.6 Å². The van der Waals surface area contributed by atoms with E-state index < -0.39 is 5.60 Å². The summed E-state index contributed by atoms with van der Waals surface area (Å²) in [5, 5.41) is 1.92. The quantitative estimate of drug-likeness (QED) is 0.485. The number of hydrogen-bond donors (Lipinski definition) is 1. The molecule has 0 bridgehead atoms. The van der Waals surface area contributed by atoms with Crippen LogP contribution in [0.25, 0.3) is 0 Å². The molecular weight excluding hydrogens is 447 g/mol. The Balaban J connectivity index is 1.51. The average Bonchev–Trinajstić information content (AvgIpc) is 3.28. The van der Waals surface area contributed by atoms with Crippen LogP contribution in [0.3, 0.4) is 0 Å². The molecule has 3 heterocycles. The van der Waals surface area contributed by atoms with Crippen LogP contribution in [0.15, 0.2) is 39.5 Å². The van der Waals surface area contributed by atoms with Crippen LogP contribution in [0.2, 0.25) is 0 Å². The van der Waals surface area contributed by atoms with Gasteiger partial charge in [0.2, 0.25) is 0 Å². The zero-order chi connectivity index (χ0) is 22.9. The van der Waals surface area contributed by atoms with Gasteiger partial charge >= 0.3 is 6.09 Å². The lowest BCUT2D eigenvalue weighted by Gasteiger charge is -2.42. The zero-order valence-corrected chi connectivity index (χ0v) is 20.3. The van der Waals surface area contributed by atoms with Crippen LogP contribution in [-0.4, -0.2) is 53.9 Å². The number of thiophene rings is 1. The molecule has 0 atom stereocenters. The first-order valence-electron chi connectivity index (χ1n) is 10.8. The van der Waals surface area contributed by atoms with Crippen LogP contribution >= 0.6 is 23.1 Å². The molecule has 9 heteroatoms. The second kappa shape index (κ2) is 9.31. The summed E-state index contributed by atoms with van der Waals surface area (Å²) in [5.41, 5.74) is 6.86. The van der Waals surface area contributed by atoms with Crippen LogP contribution in [-0.2, 0) is 4.74 Å². The van der Waals surface area contributed by atoms with Crippen LogP contribution < -0.4 is 10.6 Å². The maximum Gasteiger partial charge on any atom is 0.410 e. The number of anilines is 1. The molecule has 6 nitrogen and oxygen atoms in total. The minimum Gasteiger partial charge on any atom is -0.444 e. The fraction of sp³-hybridized carbons (Fsp3) is 0.478. The summed E-state index contributed by atoms with van der Waals surface area (Å²) < 4.78 is 20.3. The Kier molecular flexibility index (Phi) is 6.67. The minimum absolute atomic E-state index is 0.256. The highest BCUT2D eigenvalue weighted by Crippen LogP contribution is 2.41. The summed E-state index contributed by atoms with van der Waals surface area (Å²) >= 11 is 3.14.